The van der Waals surface area contributed by atoms with Crippen LogP contribution in [0.15, 0.2) is 30.3 Å². The molecule has 1 aliphatic rings. The summed E-state index contributed by atoms with van der Waals surface area (Å²) in [6, 6.07) is 10.2. The van der Waals surface area contributed by atoms with E-state index in [0.29, 0.717) is 6.04 Å². The zero-order chi connectivity index (χ0) is 11.4. The van der Waals surface area contributed by atoms with Crippen LogP contribution in [0.1, 0.15) is 19.8 Å². The van der Waals surface area contributed by atoms with Crippen molar-refractivity contribution in [2.75, 3.05) is 18.0 Å². The standard InChI is InChI=1S/C13H18N2O/c1-11(16)15(12-6-3-2-4-7-12)13-8-5-9-14-10-13/h2-4,6-7,13-14H,5,8-10H2,1H3. The first kappa shape index (κ1) is 11.1. The second-order valence-electron chi connectivity index (χ2n) is 4.22. The summed E-state index contributed by atoms with van der Waals surface area (Å²) < 4.78 is 0. The summed E-state index contributed by atoms with van der Waals surface area (Å²) in [6.45, 7) is 3.60. The van der Waals surface area contributed by atoms with E-state index in [2.05, 4.69) is 5.32 Å². The zero-order valence-electron chi connectivity index (χ0n) is 9.65. The number of para-hydroxylation sites is 1. The van der Waals surface area contributed by atoms with Crippen LogP contribution < -0.4 is 10.2 Å². The van der Waals surface area contributed by atoms with Crippen LogP contribution in [-0.4, -0.2) is 25.0 Å². The first-order chi connectivity index (χ1) is 7.79. The quantitative estimate of drug-likeness (QED) is 0.820. The van der Waals surface area contributed by atoms with Crippen molar-refractivity contribution >= 4 is 11.6 Å². The third kappa shape index (κ3) is 2.42. The van der Waals surface area contributed by atoms with Gasteiger partial charge in [-0.25, -0.2) is 0 Å². The molecule has 1 aromatic rings. The normalized spacial score (nSPS) is 20.4. The first-order valence-corrected chi connectivity index (χ1v) is 5.84. The van der Waals surface area contributed by atoms with Crippen molar-refractivity contribution in [3.63, 3.8) is 0 Å². The molecule has 1 heterocycles. The number of hydrogen-bond acceptors (Lipinski definition) is 2. The van der Waals surface area contributed by atoms with Crippen LogP contribution in [0.5, 0.6) is 0 Å². The van der Waals surface area contributed by atoms with Crippen LogP contribution >= 0.6 is 0 Å². The smallest absolute Gasteiger partial charge is 0.224 e. The second kappa shape index (κ2) is 5.12. The zero-order valence-corrected chi connectivity index (χ0v) is 9.65. The van der Waals surface area contributed by atoms with Crippen LogP contribution in [-0.2, 0) is 4.79 Å². The molecule has 1 amide bonds. The molecule has 3 nitrogen and oxygen atoms in total. The molecule has 1 unspecified atom stereocenters. The van der Waals surface area contributed by atoms with E-state index in [0.717, 1.165) is 31.6 Å². The number of amides is 1. The fraction of sp³-hybridized carbons (Fsp3) is 0.462. The summed E-state index contributed by atoms with van der Waals surface area (Å²) >= 11 is 0. The summed E-state index contributed by atoms with van der Waals surface area (Å²) in [5.41, 5.74) is 1.00. The number of carbonyl (C=O) groups excluding carboxylic acids is 1. The molecular formula is C13H18N2O. The number of anilines is 1. The summed E-state index contributed by atoms with van der Waals surface area (Å²) in [6.07, 6.45) is 2.22. The molecule has 0 bridgehead atoms. The highest BCUT2D eigenvalue weighted by atomic mass is 16.2. The van der Waals surface area contributed by atoms with Crippen molar-refractivity contribution in [2.24, 2.45) is 0 Å². The minimum atomic E-state index is 0.125. The average Bonchev–Trinajstić information content (AvgIpc) is 2.31. The van der Waals surface area contributed by atoms with Crippen LogP contribution in [0.3, 0.4) is 0 Å². The Morgan fingerprint density at radius 3 is 2.69 bits per heavy atom. The number of hydrogen-bond donors (Lipinski definition) is 1. The van der Waals surface area contributed by atoms with Gasteiger partial charge in [0.15, 0.2) is 0 Å². The number of nitrogens with one attached hydrogen (secondary N) is 1. The van der Waals surface area contributed by atoms with Crippen molar-refractivity contribution in [2.45, 2.75) is 25.8 Å². The van der Waals surface area contributed by atoms with Gasteiger partial charge in [0.25, 0.3) is 0 Å². The number of rotatable bonds is 2. The predicted octanol–water partition coefficient (Wildman–Crippen LogP) is 1.79. The van der Waals surface area contributed by atoms with Gasteiger partial charge in [-0.1, -0.05) is 18.2 Å². The highest BCUT2D eigenvalue weighted by molar-refractivity contribution is 5.92. The van der Waals surface area contributed by atoms with Gasteiger partial charge in [0.2, 0.25) is 5.91 Å². The molecule has 0 aromatic heterocycles. The molecule has 0 radical (unpaired) electrons. The van der Waals surface area contributed by atoms with E-state index in [1.165, 1.54) is 0 Å². The average molecular weight is 218 g/mol. The van der Waals surface area contributed by atoms with Gasteiger partial charge in [-0.15, -0.1) is 0 Å². The largest absolute Gasteiger partial charge is 0.315 e. The first-order valence-electron chi connectivity index (χ1n) is 5.84. The van der Waals surface area contributed by atoms with Crippen molar-refractivity contribution in [3.8, 4) is 0 Å². The monoisotopic (exact) mass is 218 g/mol. The van der Waals surface area contributed by atoms with E-state index in [1.54, 1.807) is 6.92 Å². The Hall–Kier alpha value is -1.35. The minimum Gasteiger partial charge on any atom is -0.315 e. The molecule has 16 heavy (non-hydrogen) atoms. The van der Waals surface area contributed by atoms with Crippen molar-refractivity contribution < 1.29 is 4.79 Å². The van der Waals surface area contributed by atoms with Crippen molar-refractivity contribution in [1.82, 2.24) is 5.32 Å². The lowest BCUT2D eigenvalue weighted by Crippen LogP contribution is -2.48. The summed E-state index contributed by atoms with van der Waals surface area (Å²) in [7, 11) is 0. The van der Waals surface area contributed by atoms with Crippen LogP contribution in [0.2, 0.25) is 0 Å². The predicted molar refractivity (Wildman–Crippen MR) is 65.5 cm³/mol. The van der Waals surface area contributed by atoms with E-state index < -0.39 is 0 Å². The molecule has 86 valence electrons. The number of benzene rings is 1. The molecule has 1 fully saturated rings. The fourth-order valence-electron chi connectivity index (χ4n) is 2.29. The van der Waals surface area contributed by atoms with Gasteiger partial charge < -0.3 is 10.2 Å². The maximum atomic E-state index is 11.7. The summed E-state index contributed by atoms with van der Waals surface area (Å²) in [5, 5.41) is 3.35. The third-order valence-corrected chi connectivity index (χ3v) is 3.01. The molecule has 3 heteroatoms. The van der Waals surface area contributed by atoms with Crippen LogP contribution in [0.4, 0.5) is 5.69 Å². The van der Waals surface area contributed by atoms with E-state index in [4.69, 9.17) is 0 Å². The Labute approximate surface area is 96.5 Å². The van der Waals surface area contributed by atoms with Crippen molar-refractivity contribution in [1.29, 1.82) is 0 Å². The molecule has 0 spiro atoms. The highest BCUT2D eigenvalue weighted by Gasteiger charge is 2.23. The van der Waals surface area contributed by atoms with Crippen molar-refractivity contribution in [3.05, 3.63) is 30.3 Å². The van der Waals surface area contributed by atoms with Gasteiger partial charge in [-0.2, -0.15) is 0 Å². The van der Waals surface area contributed by atoms with Crippen LogP contribution in [0, 0.1) is 0 Å². The minimum absolute atomic E-state index is 0.125. The summed E-state index contributed by atoms with van der Waals surface area (Å²) in [5.74, 6) is 0.125. The van der Waals surface area contributed by atoms with Gasteiger partial charge in [-0.3, -0.25) is 4.79 Å². The van der Waals surface area contributed by atoms with E-state index in [1.807, 2.05) is 35.2 Å². The maximum Gasteiger partial charge on any atom is 0.224 e. The molecule has 0 saturated carbocycles. The molecule has 1 N–H and O–H groups in total. The number of carbonyl (C=O) groups is 1. The maximum absolute atomic E-state index is 11.7. The Morgan fingerprint density at radius 2 is 2.12 bits per heavy atom. The molecule has 1 saturated heterocycles. The number of nitrogens with zero attached hydrogens (tertiary/aromatic N) is 1. The van der Waals surface area contributed by atoms with Crippen LogP contribution in [0.25, 0.3) is 0 Å². The topological polar surface area (TPSA) is 32.3 Å². The third-order valence-electron chi connectivity index (χ3n) is 3.01. The van der Waals surface area contributed by atoms with E-state index in [9.17, 15) is 4.79 Å². The van der Waals surface area contributed by atoms with E-state index in [-0.39, 0.29) is 5.91 Å². The SMILES string of the molecule is CC(=O)N(c1ccccc1)C1CCCNC1. The van der Waals surface area contributed by atoms with E-state index >= 15 is 0 Å². The van der Waals surface area contributed by atoms with Gasteiger partial charge in [0.05, 0.1) is 0 Å². The molecule has 1 aromatic carbocycles. The molecule has 2 rings (SSSR count). The molecule has 1 atom stereocenters. The lowest BCUT2D eigenvalue weighted by molar-refractivity contribution is -0.117. The number of piperidine rings is 1. The Balaban J connectivity index is 2.20. The molecular weight excluding hydrogens is 200 g/mol. The van der Waals surface area contributed by atoms with Gasteiger partial charge in [-0.05, 0) is 31.5 Å². The Bertz CT molecular complexity index is 344. The van der Waals surface area contributed by atoms with Gasteiger partial charge >= 0.3 is 0 Å². The molecule has 1 aliphatic heterocycles. The molecule has 0 aliphatic carbocycles. The Morgan fingerprint density at radius 1 is 1.38 bits per heavy atom. The fourth-order valence-corrected chi connectivity index (χ4v) is 2.29. The Kier molecular flexibility index (Phi) is 3.57. The van der Waals surface area contributed by atoms with Gasteiger partial charge in [0.1, 0.15) is 0 Å². The lowest BCUT2D eigenvalue weighted by Gasteiger charge is -2.34. The second-order valence-corrected chi connectivity index (χ2v) is 4.22. The summed E-state index contributed by atoms with van der Waals surface area (Å²) in [4.78, 5) is 13.7. The van der Waals surface area contributed by atoms with Gasteiger partial charge in [0, 0.05) is 25.2 Å². The highest BCUT2D eigenvalue weighted by Crippen LogP contribution is 2.20. The lowest BCUT2D eigenvalue weighted by atomic mass is 10.0.